The smallest absolute Gasteiger partial charge is 0.0593 e. The van der Waals surface area contributed by atoms with Crippen molar-refractivity contribution in [1.82, 2.24) is 0 Å². The van der Waals surface area contributed by atoms with Gasteiger partial charge in [0.05, 0.1) is 6.04 Å². The van der Waals surface area contributed by atoms with Crippen molar-refractivity contribution in [3.05, 3.63) is 65.7 Å². The molecule has 0 aromatic heterocycles. The van der Waals surface area contributed by atoms with E-state index in [1.54, 1.807) is 0 Å². The molecule has 0 N–H and O–H groups in total. The number of fused-ring (bicyclic) bond motifs is 1. The van der Waals surface area contributed by atoms with Crippen molar-refractivity contribution >= 4 is 5.69 Å². The molecule has 0 spiro atoms. The van der Waals surface area contributed by atoms with E-state index >= 15 is 0 Å². The minimum atomic E-state index is 0.215. The molecular formula is C19H23N. The number of para-hydroxylation sites is 1. The Hall–Kier alpha value is -1.76. The van der Waals surface area contributed by atoms with Crippen molar-refractivity contribution in [2.24, 2.45) is 5.41 Å². The largest absolute Gasteiger partial charge is 0.364 e. The number of rotatable bonds is 1. The molecule has 1 aliphatic rings. The van der Waals surface area contributed by atoms with E-state index in [-0.39, 0.29) is 5.41 Å². The minimum Gasteiger partial charge on any atom is -0.364 e. The van der Waals surface area contributed by atoms with Gasteiger partial charge in [-0.25, -0.2) is 0 Å². The summed E-state index contributed by atoms with van der Waals surface area (Å²) in [7, 11) is 0. The zero-order valence-electron chi connectivity index (χ0n) is 12.6. The minimum absolute atomic E-state index is 0.215. The first-order valence-electron chi connectivity index (χ1n) is 7.47. The Labute approximate surface area is 122 Å². The molecule has 0 saturated heterocycles. The van der Waals surface area contributed by atoms with Crippen molar-refractivity contribution < 1.29 is 0 Å². The first-order valence-corrected chi connectivity index (χ1v) is 7.47. The Bertz CT molecular complexity index is 580. The maximum absolute atomic E-state index is 2.57. The number of anilines is 1. The second kappa shape index (κ2) is 4.97. The third-order valence-electron chi connectivity index (χ3n) is 4.19. The fourth-order valence-corrected chi connectivity index (χ4v) is 3.40. The van der Waals surface area contributed by atoms with Crippen LogP contribution >= 0.6 is 0 Å². The van der Waals surface area contributed by atoms with Gasteiger partial charge in [0.1, 0.15) is 0 Å². The summed E-state index contributed by atoms with van der Waals surface area (Å²) in [6.07, 6.45) is 1.14. The Balaban J connectivity index is 2.09. The van der Waals surface area contributed by atoms with E-state index in [1.807, 2.05) is 0 Å². The van der Waals surface area contributed by atoms with Crippen LogP contribution in [0.3, 0.4) is 0 Å². The number of hydrogen-bond donors (Lipinski definition) is 0. The summed E-state index contributed by atoms with van der Waals surface area (Å²) in [6.45, 7) is 8.13. The van der Waals surface area contributed by atoms with Gasteiger partial charge in [-0.3, -0.25) is 0 Å². The lowest BCUT2D eigenvalue weighted by Gasteiger charge is -2.46. The Morgan fingerprint density at radius 1 is 0.900 bits per heavy atom. The lowest BCUT2D eigenvalue weighted by Crippen LogP contribution is -2.42. The number of hydrogen-bond acceptors (Lipinski definition) is 1. The molecule has 1 atom stereocenters. The Morgan fingerprint density at radius 2 is 1.55 bits per heavy atom. The van der Waals surface area contributed by atoms with Gasteiger partial charge in [-0.2, -0.15) is 0 Å². The van der Waals surface area contributed by atoms with Gasteiger partial charge in [0.2, 0.25) is 0 Å². The van der Waals surface area contributed by atoms with E-state index in [4.69, 9.17) is 0 Å². The fraction of sp³-hybridized carbons (Fsp3) is 0.368. The molecule has 0 bridgehead atoms. The summed E-state index contributed by atoms with van der Waals surface area (Å²) in [4.78, 5) is 2.57. The highest BCUT2D eigenvalue weighted by Gasteiger charge is 2.35. The molecule has 1 heteroatoms. The molecule has 0 radical (unpaired) electrons. The van der Waals surface area contributed by atoms with Crippen LogP contribution in [-0.4, -0.2) is 6.54 Å². The average Bonchev–Trinajstić information content (AvgIpc) is 2.46. The van der Waals surface area contributed by atoms with E-state index in [1.165, 1.54) is 16.8 Å². The van der Waals surface area contributed by atoms with Crippen LogP contribution in [0.25, 0.3) is 0 Å². The second-order valence-electron chi connectivity index (χ2n) is 6.75. The highest BCUT2D eigenvalue weighted by Crippen LogP contribution is 2.44. The Kier molecular flexibility index (Phi) is 3.29. The summed E-state index contributed by atoms with van der Waals surface area (Å²) in [5.41, 5.74) is 4.56. The SMILES string of the molecule is CC(C)(C)[C@H]1c2ccccc2CCN1c1ccccc1. The number of nitrogens with zero attached hydrogens (tertiary/aromatic N) is 1. The molecule has 3 rings (SSSR count). The van der Waals surface area contributed by atoms with Crippen LogP contribution in [-0.2, 0) is 6.42 Å². The zero-order valence-corrected chi connectivity index (χ0v) is 12.6. The van der Waals surface area contributed by atoms with Gasteiger partial charge >= 0.3 is 0 Å². The quantitative estimate of drug-likeness (QED) is 0.713. The van der Waals surface area contributed by atoms with Gasteiger partial charge in [-0.1, -0.05) is 63.2 Å². The van der Waals surface area contributed by atoms with Crippen molar-refractivity contribution in [3.63, 3.8) is 0 Å². The van der Waals surface area contributed by atoms with Gasteiger partial charge < -0.3 is 4.90 Å². The monoisotopic (exact) mass is 265 g/mol. The Morgan fingerprint density at radius 3 is 2.25 bits per heavy atom. The van der Waals surface area contributed by atoms with Crippen LogP contribution in [0, 0.1) is 5.41 Å². The third-order valence-corrected chi connectivity index (χ3v) is 4.19. The van der Waals surface area contributed by atoms with Crippen LogP contribution in [0.5, 0.6) is 0 Å². The average molecular weight is 265 g/mol. The topological polar surface area (TPSA) is 3.24 Å². The lowest BCUT2D eigenvalue weighted by molar-refractivity contribution is 0.299. The van der Waals surface area contributed by atoms with Gasteiger partial charge in [0, 0.05) is 12.2 Å². The highest BCUT2D eigenvalue weighted by molar-refractivity contribution is 5.52. The summed E-state index contributed by atoms with van der Waals surface area (Å²) in [5, 5.41) is 0. The number of benzene rings is 2. The van der Waals surface area contributed by atoms with Crippen molar-refractivity contribution in [3.8, 4) is 0 Å². The van der Waals surface area contributed by atoms with E-state index in [2.05, 4.69) is 80.3 Å². The van der Waals surface area contributed by atoms with Crippen LogP contribution < -0.4 is 4.90 Å². The summed E-state index contributed by atoms with van der Waals surface area (Å²) in [5.74, 6) is 0. The van der Waals surface area contributed by atoms with Gasteiger partial charge in [0.15, 0.2) is 0 Å². The molecule has 1 nitrogen and oxygen atoms in total. The first kappa shape index (κ1) is 13.2. The van der Waals surface area contributed by atoms with Gasteiger partial charge in [0.25, 0.3) is 0 Å². The van der Waals surface area contributed by atoms with Crippen LogP contribution in [0.4, 0.5) is 5.69 Å². The molecule has 0 amide bonds. The zero-order chi connectivity index (χ0) is 14.2. The molecule has 20 heavy (non-hydrogen) atoms. The maximum atomic E-state index is 2.57. The molecule has 1 heterocycles. The van der Waals surface area contributed by atoms with Crippen molar-refractivity contribution in [2.75, 3.05) is 11.4 Å². The predicted octanol–water partition coefficient (Wildman–Crippen LogP) is 4.84. The normalized spacial score (nSPS) is 18.8. The van der Waals surface area contributed by atoms with Crippen molar-refractivity contribution in [2.45, 2.75) is 33.2 Å². The summed E-state index contributed by atoms with van der Waals surface area (Å²) in [6, 6.07) is 20.2. The molecule has 0 fully saturated rings. The van der Waals surface area contributed by atoms with E-state index in [9.17, 15) is 0 Å². The maximum Gasteiger partial charge on any atom is 0.0593 e. The standard InChI is InChI=1S/C19H23N/c1-19(2,3)18-17-12-8-7-9-15(17)13-14-20(18)16-10-5-4-6-11-16/h4-12,18H,13-14H2,1-3H3/t18-/m1/s1. The summed E-state index contributed by atoms with van der Waals surface area (Å²) >= 11 is 0. The lowest BCUT2D eigenvalue weighted by atomic mass is 9.77. The van der Waals surface area contributed by atoms with Crippen LogP contribution in [0.1, 0.15) is 37.9 Å². The molecular weight excluding hydrogens is 242 g/mol. The van der Waals surface area contributed by atoms with E-state index in [0.29, 0.717) is 6.04 Å². The molecule has 0 saturated carbocycles. The van der Waals surface area contributed by atoms with Crippen LogP contribution in [0.2, 0.25) is 0 Å². The fourth-order valence-electron chi connectivity index (χ4n) is 3.40. The summed E-state index contributed by atoms with van der Waals surface area (Å²) < 4.78 is 0. The van der Waals surface area contributed by atoms with Gasteiger partial charge in [-0.05, 0) is 35.1 Å². The molecule has 2 aromatic carbocycles. The highest BCUT2D eigenvalue weighted by atomic mass is 15.2. The third kappa shape index (κ3) is 2.33. The molecule has 1 aliphatic heterocycles. The molecule has 104 valence electrons. The van der Waals surface area contributed by atoms with Gasteiger partial charge in [-0.15, -0.1) is 0 Å². The molecule has 0 unspecified atom stereocenters. The molecule has 0 aliphatic carbocycles. The molecule has 2 aromatic rings. The predicted molar refractivity (Wildman–Crippen MR) is 86.1 cm³/mol. The van der Waals surface area contributed by atoms with E-state index in [0.717, 1.165) is 13.0 Å². The van der Waals surface area contributed by atoms with Crippen LogP contribution in [0.15, 0.2) is 54.6 Å². The van der Waals surface area contributed by atoms with E-state index < -0.39 is 0 Å². The van der Waals surface area contributed by atoms with Crippen molar-refractivity contribution in [1.29, 1.82) is 0 Å². The second-order valence-corrected chi connectivity index (χ2v) is 6.75. The first-order chi connectivity index (χ1) is 9.57.